The van der Waals surface area contributed by atoms with Crippen molar-refractivity contribution < 1.29 is 28.6 Å². The van der Waals surface area contributed by atoms with E-state index in [2.05, 4.69) is 32.9 Å². The zero-order valence-corrected chi connectivity index (χ0v) is 41.9. The summed E-state index contributed by atoms with van der Waals surface area (Å²) in [5.74, 6) is -0.850. The average Bonchev–Trinajstić information content (AvgIpc) is 3.27. The molecule has 0 rings (SSSR count). The van der Waals surface area contributed by atoms with Gasteiger partial charge in [0.15, 0.2) is 6.10 Å². The number of carbonyl (C=O) groups excluding carboxylic acids is 3. The SMILES string of the molecule is CCCCCCCC/C=C\CCCCCCCCCCCC(=O)OCC(COC(=O)CCCCCCCCCCC)OC(=O)CCCCCCCCCCCCCCCCCC. The zero-order valence-electron chi connectivity index (χ0n) is 41.9. The van der Waals surface area contributed by atoms with Crippen LogP contribution in [0, 0.1) is 0 Å². The maximum atomic E-state index is 12.8. The molecule has 0 aliphatic heterocycles. The minimum atomic E-state index is -0.763. The summed E-state index contributed by atoms with van der Waals surface area (Å²) in [4.78, 5) is 38.0. The number of hydrogen-bond donors (Lipinski definition) is 0. The Bertz CT molecular complexity index is 962. The second-order valence-corrected chi connectivity index (χ2v) is 18.9. The summed E-state index contributed by atoms with van der Waals surface area (Å²) < 4.78 is 16.8. The van der Waals surface area contributed by atoms with Crippen LogP contribution in [0.15, 0.2) is 12.2 Å². The summed E-state index contributed by atoms with van der Waals surface area (Å²) in [5.41, 5.74) is 0. The molecule has 0 spiro atoms. The number of allylic oxidation sites excluding steroid dienone is 2. The molecule has 0 aromatic rings. The third kappa shape index (κ3) is 49.2. The molecule has 1 unspecified atom stereocenters. The van der Waals surface area contributed by atoms with E-state index >= 15 is 0 Å². The van der Waals surface area contributed by atoms with Crippen LogP contribution in [0.5, 0.6) is 0 Å². The minimum absolute atomic E-state index is 0.0653. The van der Waals surface area contributed by atoms with E-state index in [1.54, 1.807) is 0 Å². The first-order valence-electron chi connectivity index (χ1n) is 27.7. The van der Waals surface area contributed by atoms with Gasteiger partial charge in [0.1, 0.15) is 13.2 Å². The first-order chi connectivity index (χ1) is 30.5. The van der Waals surface area contributed by atoms with Crippen molar-refractivity contribution in [3.8, 4) is 0 Å². The average molecular weight is 875 g/mol. The Morgan fingerprint density at radius 1 is 0.306 bits per heavy atom. The number of carbonyl (C=O) groups is 3. The van der Waals surface area contributed by atoms with E-state index in [0.717, 1.165) is 57.8 Å². The van der Waals surface area contributed by atoms with Crippen LogP contribution in [0.2, 0.25) is 0 Å². The Labute approximate surface area is 386 Å². The summed E-state index contributed by atoms with van der Waals surface area (Å²) in [6, 6.07) is 0. The lowest BCUT2D eigenvalue weighted by Crippen LogP contribution is -2.30. The quantitative estimate of drug-likeness (QED) is 0.0262. The highest BCUT2D eigenvalue weighted by molar-refractivity contribution is 5.71. The number of rotatable bonds is 51. The number of esters is 3. The summed E-state index contributed by atoms with van der Waals surface area (Å²) in [7, 11) is 0. The predicted molar refractivity (Wildman–Crippen MR) is 266 cm³/mol. The van der Waals surface area contributed by atoms with Gasteiger partial charge < -0.3 is 14.2 Å². The second kappa shape index (κ2) is 51.8. The third-order valence-electron chi connectivity index (χ3n) is 12.5. The molecule has 0 heterocycles. The molecule has 0 aliphatic rings. The van der Waals surface area contributed by atoms with E-state index < -0.39 is 6.10 Å². The highest BCUT2D eigenvalue weighted by Crippen LogP contribution is 2.17. The molecule has 1 atom stereocenters. The predicted octanol–water partition coefficient (Wildman–Crippen LogP) is 18.2. The second-order valence-electron chi connectivity index (χ2n) is 18.9. The number of ether oxygens (including phenoxy) is 3. The molecule has 0 aromatic carbocycles. The molecule has 0 saturated heterocycles. The van der Waals surface area contributed by atoms with Crippen LogP contribution in [0.1, 0.15) is 310 Å². The van der Waals surface area contributed by atoms with Gasteiger partial charge in [0, 0.05) is 19.3 Å². The Morgan fingerprint density at radius 2 is 0.532 bits per heavy atom. The van der Waals surface area contributed by atoms with Crippen molar-refractivity contribution in [2.24, 2.45) is 0 Å². The molecular formula is C56H106O6. The van der Waals surface area contributed by atoms with Gasteiger partial charge in [-0.15, -0.1) is 0 Å². The minimum Gasteiger partial charge on any atom is -0.462 e. The highest BCUT2D eigenvalue weighted by atomic mass is 16.6. The van der Waals surface area contributed by atoms with Gasteiger partial charge in [-0.25, -0.2) is 0 Å². The van der Waals surface area contributed by atoms with Crippen LogP contribution in [0.4, 0.5) is 0 Å². The molecule has 0 fully saturated rings. The van der Waals surface area contributed by atoms with Gasteiger partial charge in [-0.05, 0) is 44.9 Å². The summed E-state index contributed by atoms with van der Waals surface area (Å²) >= 11 is 0. The molecule has 0 aromatic heterocycles. The van der Waals surface area contributed by atoms with Crippen LogP contribution in [-0.2, 0) is 28.6 Å². The number of unbranched alkanes of at least 4 members (excludes halogenated alkanes) is 38. The molecule has 0 radical (unpaired) electrons. The van der Waals surface area contributed by atoms with Crippen LogP contribution in [0.25, 0.3) is 0 Å². The molecule has 0 amide bonds. The van der Waals surface area contributed by atoms with Crippen molar-refractivity contribution in [3.63, 3.8) is 0 Å². The lowest BCUT2D eigenvalue weighted by Gasteiger charge is -2.18. The fourth-order valence-electron chi connectivity index (χ4n) is 8.32. The van der Waals surface area contributed by atoms with Crippen molar-refractivity contribution in [3.05, 3.63) is 12.2 Å². The first kappa shape index (κ1) is 60.2. The van der Waals surface area contributed by atoms with Gasteiger partial charge in [0.25, 0.3) is 0 Å². The van der Waals surface area contributed by atoms with Crippen LogP contribution >= 0.6 is 0 Å². The smallest absolute Gasteiger partial charge is 0.306 e. The van der Waals surface area contributed by atoms with Gasteiger partial charge in [-0.2, -0.15) is 0 Å². The van der Waals surface area contributed by atoms with Gasteiger partial charge in [0.05, 0.1) is 0 Å². The molecule has 6 heteroatoms. The molecule has 0 aliphatic carbocycles. The first-order valence-corrected chi connectivity index (χ1v) is 27.7. The van der Waals surface area contributed by atoms with Crippen molar-refractivity contribution in [2.45, 2.75) is 316 Å². The maximum absolute atomic E-state index is 12.8. The lowest BCUT2D eigenvalue weighted by atomic mass is 10.0. The molecule has 0 saturated carbocycles. The molecule has 366 valence electrons. The summed E-state index contributed by atoms with van der Waals surface area (Å²) in [5, 5.41) is 0. The van der Waals surface area contributed by atoms with E-state index in [-0.39, 0.29) is 31.1 Å². The molecule has 0 N–H and O–H groups in total. The zero-order chi connectivity index (χ0) is 45.1. The van der Waals surface area contributed by atoms with Gasteiger partial charge >= 0.3 is 17.9 Å². The van der Waals surface area contributed by atoms with E-state index in [1.165, 1.54) is 212 Å². The molecule has 0 bridgehead atoms. The summed E-state index contributed by atoms with van der Waals surface area (Å²) in [6.45, 7) is 6.66. The Kier molecular flexibility index (Phi) is 50.2. The maximum Gasteiger partial charge on any atom is 0.306 e. The largest absolute Gasteiger partial charge is 0.462 e. The summed E-state index contributed by atoms with van der Waals surface area (Å²) in [6.07, 6.45) is 57.7. The van der Waals surface area contributed by atoms with E-state index in [1.807, 2.05) is 0 Å². The Balaban J connectivity index is 4.23. The van der Waals surface area contributed by atoms with E-state index in [0.29, 0.717) is 19.3 Å². The lowest BCUT2D eigenvalue weighted by molar-refractivity contribution is -0.167. The fraction of sp³-hybridized carbons (Fsp3) is 0.911. The van der Waals surface area contributed by atoms with Crippen LogP contribution in [0.3, 0.4) is 0 Å². The normalized spacial score (nSPS) is 12.0. The van der Waals surface area contributed by atoms with Crippen LogP contribution < -0.4 is 0 Å². The van der Waals surface area contributed by atoms with Crippen molar-refractivity contribution in [1.29, 1.82) is 0 Å². The third-order valence-corrected chi connectivity index (χ3v) is 12.5. The van der Waals surface area contributed by atoms with Crippen molar-refractivity contribution >= 4 is 17.9 Å². The van der Waals surface area contributed by atoms with Gasteiger partial charge in [-0.3, -0.25) is 14.4 Å². The van der Waals surface area contributed by atoms with Crippen molar-refractivity contribution in [1.82, 2.24) is 0 Å². The standard InChI is InChI=1S/C56H106O6/c1-4-7-10-13-16-19-21-23-25-27-28-29-31-32-34-37-40-43-46-49-55(58)61-52-53(51-60-54(57)48-45-42-39-36-18-15-12-9-6-3)62-56(59)50-47-44-41-38-35-33-30-26-24-22-20-17-14-11-8-5-2/h23,25,53H,4-22,24,26-52H2,1-3H3/b25-23-. The van der Waals surface area contributed by atoms with Gasteiger partial charge in [0.2, 0.25) is 0 Å². The fourth-order valence-corrected chi connectivity index (χ4v) is 8.32. The monoisotopic (exact) mass is 875 g/mol. The molecule has 6 nitrogen and oxygen atoms in total. The van der Waals surface area contributed by atoms with Crippen molar-refractivity contribution in [2.75, 3.05) is 13.2 Å². The number of hydrogen-bond acceptors (Lipinski definition) is 6. The Hall–Kier alpha value is -1.85. The van der Waals surface area contributed by atoms with E-state index in [9.17, 15) is 14.4 Å². The Morgan fingerprint density at radius 3 is 0.806 bits per heavy atom. The van der Waals surface area contributed by atoms with E-state index in [4.69, 9.17) is 14.2 Å². The highest BCUT2D eigenvalue weighted by Gasteiger charge is 2.19. The topological polar surface area (TPSA) is 78.9 Å². The molecule has 62 heavy (non-hydrogen) atoms. The van der Waals surface area contributed by atoms with Gasteiger partial charge in [-0.1, -0.05) is 258 Å². The molecular weight excluding hydrogens is 769 g/mol. The van der Waals surface area contributed by atoms with Crippen LogP contribution in [-0.4, -0.2) is 37.2 Å².